The number of benzene rings is 1. The van der Waals surface area contributed by atoms with Crippen molar-refractivity contribution < 1.29 is 13.7 Å². The van der Waals surface area contributed by atoms with Crippen molar-refractivity contribution in [2.24, 2.45) is 0 Å². The Hall–Kier alpha value is -1.16. The molecule has 1 aliphatic rings. The molecular weight excluding hydrogens is 260 g/mol. The molecule has 2 atom stereocenters. The number of hydrogen-bond donors (Lipinski definition) is 0. The lowest BCUT2D eigenvalue weighted by Gasteiger charge is -2.15. The highest BCUT2D eigenvalue weighted by Crippen LogP contribution is 2.26. The molecule has 0 N–H and O–H groups in total. The number of Topliss-reactive ketones (excluding diaryl/α,β-unsaturated/α-hetero) is 1. The van der Waals surface area contributed by atoms with Gasteiger partial charge in [0.15, 0.2) is 5.78 Å². The Morgan fingerprint density at radius 3 is 2.37 bits per heavy atom. The Morgan fingerprint density at radius 2 is 1.84 bits per heavy atom. The fourth-order valence-electron chi connectivity index (χ4n) is 2.50. The largest absolute Gasteiger partial charge is 0.497 e. The van der Waals surface area contributed by atoms with Crippen molar-refractivity contribution in [1.29, 1.82) is 0 Å². The van der Waals surface area contributed by atoms with Crippen LogP contribution in [0.5, 0.6) is 5.75 Å². The van der Waals surface area contributed by atoms with E-state index in [-0.39, 0.29) is 11.0 Å². The molecule has 19 heavy (non-hydrogen) atoms. The van der Waals surface area contributed by atoms with Crippen LogP contribution in [-0.4, -0.2) is 27.6 Å². The smallest absolute Gasteiger partial charge is 0.178 e. The van der Waals surface area contributed by atoms with Gasteiger partial charge in [0, 0.05) is 21.6 Å². The van der Waals surface area contributed by atoms with E-state index >= 15 is 0 Å². The average Bonchev–Trinajstić information content (AvgIpc) is 2.99. The van der Waals surface area contributed by atoms with Crippen molar-refractivity contribution >= 4 is 16.6 Å². The second-order valence-electron chi connectivity index (χ2n) is 4.97. The summed E-state index contributed by atoms with van der Waals surface area (Å²) >= 11 is 0. The first-order valence-corrected chi connectivity index (χ1v) is 7.98. The highest BCUT2D eigenvalue weighted by molar-refractivity contribution is 7.87. The van der Waals surface area contributed by atoms with E-state index in [1.807, 2.05) is 0 Å². The van der Waals surface area contributed by atoms with Crippen LogP contribution < -0.4 is 4.74 Å². The summed E-state index contributed by atoms with van der Waals surface area (Å²) < 4.78 is 17.4. The molecule has 0 aromatic heterocycles. The summed E-state index contributed by atoms with van der Waals surface area (Å²) in [5.41, 5.74) is 0.611. The first-order valence-electron chi connectivity index (χ1n) is 6.71. The zero-order valence-corrected chi connectivity index (χ0v) is 12.2. The third kappa shape index (κ3) is 3.24. The van der Waals surface area contributed by atoms with Crippen LogP contribution in [0.25, 0.3) is 0 Å². The van der Waals surface area contributed by atoms with Gasteiger partial charge in [-0.3, -0.25) is 9.00 Å². The zero-order valence-electron chi connectivity index (χ0n) is 11.4. The summed E-state index contributed by atoms with van der Waals surface area (Å²) in [6.07, 6.45) is 4.26. The third-order valence-corrected chi connectivity index (χ3v) is 5.76. The van der Waals surface area contributed by atoms with Gasteiger partial charge in [-0.05, 0) is 44.0 Å². The lowest BCUT2D eigenvalue weighted by Crippen LogP contribution is -2.29. The van der Waals surface area contributed by atoms with E-state index < -0.39 is 16.0 Å². The molecule has 1 aromatic carbocycles. The van der Waals surface area contributed by atoms with Gasteiger partial charge in [-0.25, -0.2) is 0 Å². The number of ketones is 1. The van der Waals surface area contributed by atoms with Crippen LogP contribution >= 0.6 is 0 Å². The minimum absolute atomic E-state index is 0.0344. The summed E-state index contributed by atoms with van der Waals surface area (Å²) in [5.74, 6) is 0.689. The fraction of sp³-hybridized carbons (Fsp3) is 0.533. The summed E-state index contributed by atoms with van der Waals surface area (Å²) in [7, 11) is 0.533. The maximum atomic E-state index is 12.3. The molecule has 0 spiro atoms. The fourth-order valence-corrected chi connectivity index (χ4v) is 4.23. The molecule has 0 bridgehead atoms. The van der Waals surface area contributed by atoms with Gasteiger partial charge in [0.2, 0.25) is 0 Å². The van der Waals surface area contributed by atoms with Gasteiger partial charge in [0.25, 0.3) is 0 Å². The monoisotopic (exact) mass is 280 g/mol. The van der Waals surface area contributed by atoms with Crippen molar-refractivity contribution in [2.75, 3.05) is 7.11 Å². The molecule has 1 saturated carbocycles. The molecule has 0 aliphatic heterocycles. The molecule has 1 aliphatic carbocycles. The predicted molar refractivity (Wildman–Crippen MR) is 77.2 cm³/mol. The maximum absolute atomic E-state index is 12.3. The van der Waals surface area contributed by atoms with Crippen LogP contribution in [-0.2, 0) is 10.8 Å². The first-order chi connectivity index (χ1) is 9.13. The summed E-state index contributed by atoms with van der Waals surface area (Å²) in [5, 5.41) is -0.214. The highest BCUT2D eigenvalue weighted by atomic mass is 32.2. The highest BCUT2D eigenvalue weighted by Gasteiger charge is 2.29. The molecule has 2 rings (SSSR count). The van der Waals surface area contributed by atoms with Crippen LogP contribution in [0.1, 0.15) is 43.0 Å². The normalized spacial score (nSPS) is 19.1. The summed E-state index contributed by atoms with van der Waals surface area (Å²) in [6.45, 7) is 1.78. The third-order valence-electron chi connectivity index (χ3n) is 3.72. The Morgan fingerprint density at radius 1 is 1.26 bits per heavy atom. The Labute approximate surface area is 116 Å². The lowest BCUT2D eigenvalue weighted by atomic mass is 10.1. The molecule has 104 valence electrons. The van der Waals surface area contributed by atoms with Gasteiger partial charge < -0.3 is 4.74 Å². The lowest BCUT2D eigenvalue weighted by molar-refractivity contribution is 0.0992. The number of ether oxygens (including phenoxy) is 1. The number of methoxy groups -OCH3 is 1. The van der Waals surface area contributed by atoms with Crippen LogP contribution in [0, 0.1) is 0 Å². The van der Waals surface area contributed by atoms with E-state index in [2.05, 4.69) is 0 Å². The topological polar surface area (TPSA) is 43.4 Å². The second kappa shape index (κ2) is 6.33. The maximum Gasteiger partial charge on any atom is 0.178 e. The van der Waals surface area contributed by atoms with Gasteiger partial charge in [-0.15, -0.1) is 0 Å². The van der Waals surface area contributed by atoms with Crippen LogP contribution in [0.4, 0.5) is 0 Å². The van der Waals surface area contributed by atoms with Crippen LogP contribution in [0.15, 0.2) is 24.3 Å². The Kier molecular flexibility index (Phi) is 4.75. The van der Waals surface area contributed by atoms with Crippen molar-refractivity contribution in [3.05, 3.63) is 29.8 Å². The molecule has 4 heteroatoms. The van der Waals surface area contributed by atoms with Crippen molar-refractivity contribution in [3.63, 3.8) is 0 Å². The number of rotatable bonds is 5. The molecule has 0 radical (unpaired) electrons. The first kappa shape index (κ1) is 14.3. The van der Waals surface area contributed by atoms with E-state index in [4.69, 9.17) is 4.74 Å². The van der Waals surface area contributed by atoms with E-state index in [0.29, 0.717) is 5.56 Å². The quantitative estimate of drug-likeness (QED) is 0.779. The average molecular weight is 280 g/mol. The zero-order chi connectivity index (χ0) is 13.8. The van der Waals surface area contributed by atoms with Crippen LogP contribution in [0.2, 0.25) is 0 Å². The standard InChI is InChI=1S/C15H20O3S/c1-11(19(17)14-5-3-4-6-14)15(16)12-7-9-13(18-2)10-8-12/h7-11,14H,3-6H2,1-2H3. The van der Waals surface area contributed by atoms with E-state index in [1.54, 1.807) is 38.3 Å². The SMILES string of the molecule is COc1ccc(C(=O)C(C)S(=O)C2CCCC2)cc1. The molecule has 3 nitrogen and oxygen atoms in total. The van der Waals surface area contributed by atoms with E-state index in [9.17, 15) is 9.00 Å². The van der Waals surface area contributed by atoms with Gasteiger partial charge in [-0.2, -0.15) is 0 Å². The molecule has 0 heterocycles. The van der Waals surface area contributed by atoms with Crippen molar-refractivity contribution in [3.8, 4) is 5.75 Å². The molecular formula is C15H20O3S. The minimum atomic E-state index is -1.06. The van der Waals surface area contributed by atoms with Gasteiger partial charge in [0.05, 0.1) is 12.4 Å². The van der Waals surface area contributed by atoms with Crippen LogP contribution in [0.3, 0.4) is 0 Å². The van der Waals surface area contributed by atoms with Crippen molar-refractivity contribution in [2.45, 2.75) is 43.1 Å². The summed E-state index contributed by atoms with van der Waals surface area (Å²) in [6, 6.07) is 7.00. The Balaban J connectivity index is 2.06. The number of carbonyl (C=O) groups excluding carboxylic acids is 1. The second-order valence-corrected chi connectivity index (χ2v) is 7.00. The minimum Gasteiger partial charge on any atom is -0.497 e. The molecule has 2 unspecified atom stereocenters. The molecule has 1 aromatic rings. The van der Waals surface area contributed by atoms with E-state index in [1.165, 1.54) is 0 Å². The number of hydrogen-bond acceptors (Lipinski definition) is 3. The molecule has 0 saturated heterocycles. The molecule has 0 amide bonds. The number of carbonyl (C=O) groups is 1. The van der Waals surface area contributed by atoms with Gasteiger partial charge in [0.1, 0.15) is 5.75 Å². The van der Waals surface area contributed by atoms with Gasteiger partial charge in [-0.1, -0.05) is 12.8 Å². The molecule has 1 fully saturated rings. The van der Waals surface area contributed by atoms with Gasteiger partial charge >= 0.3 is 0 Å². The van der Waals surface area contributed by atoms with E-state index in [0.717, 1.165) is 31.4 Å². The summed E-state index contributed by atoms with van der Waals surface area (Å²) in [4.78, 5) is 12.3. The predicted octanol–water partition coefficient (Wildman–Crippen LogP) is 2.96. The Bertz CT molecular complexity index is 461. The van der Waals surface area contributed by atoms with Crippen molar-refractivity contribution in [1.82, 2.24) is 0 Å².